The summed E-state index contributed by atoms with van der Waals surface area (Å²) in [6, 6.07) is 7.07. The lowest BCUT2D eigenvalue weighted by atomic mass is 9.73. The van der Waals surface area contributed by atoms with E-state index in [0.717, 1.165) is 5.56 Å². The van der Waals surface area contributed by atoms with Gasteiger partial charge in [-0.3, -0.25) is 9.59 Å². The predicted octanol–water partition coefficient (Wildman–Crippen LogP) is 2.16. The van der Waals surface area contributed by atoms with E-state index in [-0.39, 0.29) is 5.91 Å². The van der Waals surface area contributed by atoms with E-state index < -0.39 is 17.8 Å². The number of halogens is 1. The molecule has 1 aliphatic rings. The molecule has 3 rings (SSSR count). The van der Waals surface area contributed by atoms with Crippen molar-refractivity contribution in [2.45, 2.75) is 19.3 Å². The molecule has 126 valence electrons. The lowest BCUT2D eigenvalue weighted by molar-refractivity contribution is -0.152. The molecule has 1 amide bonds. The molecule has 0 saturated heterocycles. The average Bonchev–Trinajstić information content (AvgIpc) is 2.95. The van der Waals surface area contributed by atoms with Crippen LogP contribution in [0.4, 0.5) is 0 Å². The zero-order valence-electron chi connectivity index (χ0n) is 12.7. The molecule has 0 radical (unpaired) electrons. The van der Waals surface area contributed by atoms with Crippen molar-refractivity contribution in [1.82, 2.24) is 15.5 Å². The largest absolute Gasteiger partial charge is 0.481 e. The van der Waals surface area contributed by atoms with E-state index in [1.165, 1.54) is 0 Å². The minimum absolute atomic E-state index is 0.230. The van der Waals surface area contributed by atoms with Gasteiger partial charge >= 0.3 is 5.97 Å². The Hall–Kier alpha value is -2.41. The summed E-state index contributed by atoms with van der Waals surface area (Å²) >= 11 is 5.83. The molecule has 1 aromatic heterocycles. The molecule has 0 aliphatic heterocycles. The van der Waals surface area contributed by atoms with Gasteiger partial charge in [-0.05, 0) is 37.1 Å². The zero-order valence-corrected chi connectivity index (χ0v) is 13.5. The highest BCUT2D eigenvalue weighted by molar-refractivity contribution is 6.30. The molecule has 1 heterocycles. The molecular weight excluding hydrogens is 334 g/mol. The van der Waals surface area contributed by atoms with E-state index in [0.29, 0.717) is 42.5 Å². The molecule has 2 aromatic rings. The first kappa shape index (κ1) is 16.4. The number of benzene rings is 1. The zero-order chi connectivity index (χ0) is 17.1. The summed E-state index contributed by atoms with van der Waals surface area (Å²) in [5.41, 5.74) is 0.789. The van der Waals surface area contributed by atoms with E-state index in [1.807, 2.05) is 0 Å². The molecule has 1 fully saturated rings. The molecule has 24 heavy (non-hydrogen) atoms. The molecular formula is C16H16ClN3O4. The topological polar surface area (TPSA) is 105 Å². The third-order valence-corrected chi connectivity index (χ3v) is 4.39. The van der Waals surface area contributed by atoms with Crippen LogP contribution in [0.1, 0.15) is 18.7 Å². The fraction of sp³-hybridized carbons (Fsp3) is 0.375. The number of nitrogens with one attached hydrogen (secondary N) is 1. The first-order valence-corrected chi connectivity index (χ1v) is 8.01. The molecule has 0 spiro atoms. The molecule has 7 nitrogen and oxygen atoms in total. The lowest BCUT2D eigenvalue weighted by Gasteiger charge is -2.31. The minimum Gasteiger partial charge on any atom is -0.481 e. The average molecular weight is 350 g/mol. The maximum atomic E-state index is 11.9. The van der Waals surface area contributed by atoms with E-state index in [4.69, 9.17) is 21.2 Å². The third-order valence-electron chi connectivity index (χ3n) is 4.14. The van der Waals surface area contributed by atoms with Gasteiger partial charge in [-0.2, -0.15) is 4.98 Å². The van der Waals surface area contributed by atoms with Gasteiger partial charge in [-0.1, -0.05) is 16.8 Å². The fourth-order valence-corrected chi connectivity index (χ4v) is 2.73. The number of carbonyl (C=O) groups excluding carboxylic acids is 1. The Balaban J connectivity index is 1.50. The Morgan fingerprint density at radius 3 is 2.58 bits per heavy atom. The molecule has 2 N–H and O–H groups in total. The van der Waals surface area contributed by atoms with Crippen LogP contribution in [0.3, 0.4) is 0 Å². The second kappa shape index (κ2) is 7.00. The Morgan fingerprint density at radius 2 is 1.96 bits per heavy atom. The van der Waals surface area contributed by atoms with E-state index >= 15 is 0 Å². The maximum Gasteiger partial charge on any atom is 0.307 e. The Kier molecular flexibility index (Phi) is 4.80. The fourth-order valence-electron chi connectivity index (χ4n) is 2.61. The van der Waals surface area contributed by atoms with Crippen molar-refractivity contribution in [2.24, 2.45) is 11.8 Å². The highest BCUT2D eigenvalue weighted by atomic mass is 35.5. The van der Waals surface area contributed by atoms with Gasteiger partial charge in [-0.15, -0.1) is 0 Å². The number of rotatable bonds is 6. The van der Waals surface area contributed by atoms with Crippen molar-refractivity contribution in [1.29, 1.82) is 0 Å². The molecule has 1 saturated carbocycles. The maximum absolute atomic E-state index is 11.9. The number of nitrogens with zero attached hydrogens (tertiary/aromatic N) is 2. The van der Waals surface area contributed by atoms with Crippen LogP contribution in [0.2, 0.25) is 5.02 Å². The summed E-state index contributed by atoms with van der Waals surface area (Å²) < 4.78 is 5.15. The summed E-state index contributed by atoms with van der Waals surface area (Å²) in [4.78, 5) is 27.1. The summed E-state index contributed by atoms with van der Waals surface area (Å²) in [5, 5.41) is 16.2. The van der Waals surface area contributed by atoms with Crippen LogP contribution < -0.4 is 5.32 Å². The SMILES string of the molecule is O=C(O)C1CCC1C(=O)NCCc1nc(-c2ccc(Cl)cc2)no1. The van der Waals surface area contributed by atoms with Gasteiger partial charge in [0, 0.05) is 23.6 Å². The van der Waals surface area contributed by atoms with Crippen LogP contribution in [0, 0.1) is 11.8 Å². The van der Waals surface area contributed by atoms with Crippen molar-refractivity contribution in [3.8, 4) is 11.4 Å². The number of aromatic nitrogens is 2. The van der Waals surface area contributed by atoms with Crippen molar-refractivity contribution in [2.75, 3.05) is 6.54 Å². The normalized spacial score (nSPS) is 19.5. The van der Waals surface area contributed by atoms with Gasteiger partial charge in [0.1, 0.15) is 0 Å². The highest BCUT2D eigenvalue weighted by Gasteiger charge is 2.41. The first-order chi connectivity index (χ1) is 11.5. The summed E-state index contributed by atoms with van der Waals surface area (Å²) in [7, 11) is 0. The predicted molar refractivity (Wildman–Crippen MR) is 85.3 cm³/mol. The molecule has 1 aromatic carbocycles. The summed E-state index contributed by atoms with van der Waals surface area (Å²) in [6.07, 6.45) is 1.56. The highest BCUT2D eigenvalue weighted by Crippen LogP contribution is 2.34. The second-order valence-electron chi connectivity index (χ2n) is 5.69. The van der Waals surface area contributed by atoms with Gasteiger partial charge in [0.25, 0.3) is 0 Å². The monoisotopic (exact) mass is 349 g/mol. The number of carboxylic acid groups (broad SMARTS) is 1. The van der Waals surface area contributed by atoms with E-state index in [1.54, 1.807) is 24.3 Å². The number of hydrogen-bond donors (Lipinski definition) is 2. The van der Waals surface area contributed by atoms with Gasteiger partial charge < -0.3 is 14.9 Å². The Morgan fingerprint density at radius 1 is 1.25 bits per heavy atom. The van der Waals surface area contributed by atoms with Crippen molar-refractivity contribution < 1.29 is 19.2 Å². The van der Waals surface area contributed by atoms with Gasteiger partial charge in [0.05, 0.1) is 11.8 Å². The van der Waals surface area contributed by atoms with Gasteiger partial charge in [0.2, 0.25) is 17.6 Å². The van der Waals surface area contributed by atoms with E-state index in [9.17, 15) is 9.59 Å². The van der Waals surface area contributed by atoms with Crippen molar-refractivity contribution >= 4 is 23.5 Å². The van der Waals surface area contributed by atoms with Gasteiger partial charge in [-0.25, -0.2) is 0 Å². The standard InChI is InChI=1S/C16H16ClN3O4/c17-10-3-1-9(2-4-10)14-19-13(24-20-14)7-8-18-15(21)11-5-6-12(11)16(22)23/h1-4,11-12H,5-8H2,(H,18,21)(H,22,23). The number of aliphatic carboxylic acids is 1. The molecule has 8 heteroatoms. The van der Waals surface area contributed by atoms with Crippen LogP contribution >= 0.6 is 11.6 Å². The summed E-state index contributed by atoms with van der Waals surface area (Å²) in [6.45, 7) is 0.323. The number of hydrogen-bond acceptors (Lipinski definition) is 5. The molecule has 0 bridgehead atoms. The number of carbonyl (C=O) groups is 2. The van der Waals surface area contributed by atoms with Crippen molar-refractivity contribution in [3.05, 3.63) is 35.2 Å². The van der Waals surface area contributed by atoms with Gasteiger partial charge in [0.15, 0.2) is 0 Å². The Bertz CT molecular complexity index is 744. The number of carboxylic acids is 1. The smallest absolute Gasteiger partial charge is 0.307 e. The van der Waals surface area contributed by atoms with E-state index in [2.05, 4.69) is 15.5 Å². The minimum atomic E-state index is -0.911. The molecule has 2 atom stereocenters. The summed E-state index contributed by atoms with van der Waals surface area (Å²) in [5.74, 6) is -1.28. The molecule has 1 aliphatic carbocycles. The number of amides is 1. The lowest BCUT2D eigenvalue weighted by Crippen LogP contribution is -2.44. The van der Waals surface area contributed by atoms with Crippen LogP contribution in [0.15, 0.2) is 28.8 Å². The van der Waals surface area contributed by atoms with Crippen molar-refractivity contribution in [3.63, 3.8) is 0 Å². The van der Waals surface area contributed by atoms with Crippen LogP contribution in [-0.2, 0) is 16.0 Å². The quantitative estimate of drug-likeness (QED) is 0.827. The first-order valence-electron chi connectivity index (χ1n) is 7.63. The third kappa shape index (κ3) is 3.56. The second-order valence-corrected chi connectivity index (χ2v) is 6.12. The van der Waals surface area contributed by atoms with Crippen LogP contribution in [0.5, 0.6) is 0 Å². The van der Waals surface area contributed by atoms with Crippen LogP contribution in [-0.4, -0.2) is 33.7 Å². The Labute approximate surface area is 143 Å². The van der Waals surface area contributed by atoms with Crippen LogP contribution in [0.25, 0.3) is 11.4 Å². The molecule has 2 unspecified atom stereocenters.